The van der Waals surface area contributed by atoms with Crippen LogP contribution in [0.4, 0.5) is 0 Å². The first-order valence-corrected chi connectivity index (χ1v) is 14.1. The first-order valence-electron chi connectivity index (χ1n) is 14.1. The highest BCUT2D eigenvalue weighted by atomic mass is 14.0. The summed E-state index contributed by atoms with van der Waals surface area (Å²) in [4.78, 5) is 0. The average Bonchev–Trinajstić information content (AvgIpc) is 2.76. The van der Waals surface area contributed by atoms with Crippen LogP contribution in [0.5, 0.6) is 0 Å². The highest BCUT2D eigenvalue weighted by molar-refractivity contribution is 5.08. The van der Waals surface area contributed by atoms with E-state index in [-0.39, 0.29) is 0 Å². The van der Waals surface area contributed by atoms with E-state index in [1.54, 1.807) is 0 Å². The summed E-state index contributed by atoms with van der Waals surface area (Å²) in [5, 5.41) is 0. The molecule has 0 unspecified atom stereocenters. The Labute approximate surface area is 220 Å². The minimum absolute atomic E-state index is 1.17. The van der Waals surface area contributed by atoms with Gasteiger partial charge in [0.2, 0.25) is 0 Å². The molecule has 0 radical (unpaired) electrons. The molecule has 0 saturated heterocycles. The summed E-state index contributed by atoms with van der Waals surface area (Å²) in [6.45, 7) is 20.1. The van der Waals surface area contributed by atoms with Crippen molar-refractivity contribution in [3.8, 4) is 0 Å². The van der Waals surface area contributed by atoms with Gasteiger partial charge in [0, 0.05) is 0 Å². The smallest absolute Gasteiger partial charge is 0.0288 e. The van der Waals surface area contributed by atoms with Crippen LogP contribution in [-0.2, 0) is 0 Å². The molecule has 0 fully saturated rings. The molecule has 0 aliphatic carbocycles. The first kappa shape index (κ1) is 33.2. The van der Waals surface area contributed by atoms with Crippen LogP contribution in [0, 0.1) is 0 Å². The van der Waals surface area contributed by atoms with Gasteiger partial charge in [-0.2, -0.15) is 0 Å². The molecule has 0 spiro atoms. The summed E-state index contributed by atoms with van der Waals surface area (Å²) < 4.78 is 0. The minimum atomic E-state index is 1.17. The molecule has 0 atom stereocenters. The molecule has 0 nitrogen and oxygen atoms in total. The normalized spacial score (nSPS) is 13.8. The lowest BCUT2D eigenvalue weighted by atomic mass is 10.0. The van der Waals surface area contributed by atoms with Gasteiger partial charge < -0.3 is 0 Å². The molecule has 0 aliphatic heterocycles. The highest BCUT2D eigenvalue weighted by Crippen LogP contribution is 2.15. The first-order chi connectivity index (χ1) is 16.6. The summed E-state index contributed by atoms with van der Waals surface area (Å²) in [6.07, 6.45) is 31.0. The fraction of sp³-hybridized carbons (Fsp3) is 0.600. The standard InChI is InChI=1S/C35H58/c1-29(2)17-12-21-33(7)25-14-23-31(5)19-10-11-20-32(6)24-15-27-35(9)28-16-26-34(8)22-13-18-30(3)4/h17-20,25-27H,10-16,21-24,28H2,1-9H3/b31-19+,32-20+,33-25+,34-26-,35-27+. The topological polar surface area (TPSA) is 0 Å². The van der Waals surface area contributed by atoms with Gasteiger partial charge in [-0.3, -0.25) is 0 Å². The van der Waals surface area contributed by atoms with Crippen molar-refractivity contribution in [2.45, 2.75) is 139 Å². The predicted octanol–water partition coefficient (Wildman–Crippen LogP) is 12.3. The third-order valence-electron chi connectivity index (χ3n) is 6.43. The van der Waals surface area contributed by atoms with Crippen molar-refractivity contribution in [1.82, 2.24) is 0 Å². The molecule has 0 saturated carbocycles. The lowest BCUT2D eigenvalue weighted by molar-refractivity contribution is 0.890. The Bertz CT molecular complexity index is 778. The Morgan fingerprint density at radius 1 is 0.286 bits per heavy atom. The molecule has 0 rings (SSSR count). The van der Waals surface area contributed by atoms with Crippen molar-refractivity contribution < 1.29 is 0 Å². The van der Waals surface area contributed by atoms with Crippen LogP contribution in [0.25, 0.3) is 0 Å². The van der Waals surface area contributed by atoms with Gasteiger partial charge in [0.1, 0.15) is 0 Å². The van der Waals surface area contributed by atoms with Crippen molar-refractivity contribution in [2.24, 2.45) is 0 Å². The Morgan fingerprint density at radius 2 is 0.486 bits per heavy atom. The second-order valence-electron chi connectivity index (χ2n) is 11.1. The largest absolute Gasteiger partial charge is 0.0856 e. The highest BCUT2D eigenvalue weighted by Gasteiger charge is 1.95. The Morgan fingerprint density at radius 3 is 0.714 bits per heavy atom. The van der Waals surface area contributed by atoms with E-state index >= 15 is 0 Å². The van der Waals surface area contributed by atoms with E-state index in [9.17, 15) is 0 Å². The van der Waals surface area contributed by atoms with Crippen LogP contribution in [0.1, 0.15) is 139 Å². The van der Waals surface area contributed by atoms with Crippen molar-refractivity contribution in [2.75, 3.05) is 0 Å². The fourth-order valence-electron chi connectivity index (χ4n) is 3.99. The number of unbranched alkanes of at least 4 members (excludes halogenated alkanes) is 1. The van der Waals surface area contributed by atoms with E-state index in [4.69, 9.17) is 0 Å². The molecule has 198 valence electrons. The van der Waals surface area contributed by atoms with Crippen LogP contribution in [-0.4, -0.2) is 0 Å². The zero-order valence-corrected chi connectivity index (χ0v) is 25.0. The van der Waals surface area contributed by atoms with Crippen molar-refractivity contribution >= 4 is 0 Å². The second kappa shape index (κ2) is 21.5. The zero-order chi connectivity index (χ0) is 26.5. The predicted molar refractivity (Wildman–Crippen MR) is 163 cm³/mol. The second-order valence-corrected chi connectivity index (χ2v) is 11.1. The number of allylic oxidation sites excluding steroid dienone is 14. The van der Waals surface area contributed by atoms with Gasteiger partial charge in [-0.1, -0.05) is 81.5 Å². The molecule has 0 aromatic rings. The van der Waals surface area contributed by atoms with E-state index in [1.807, 2.05) is 0 Å². The third kappa shape index (κ3) is 23.7. The quantitative estimate of drug-likeness (QED) is 0.136. The lowest BCUT2D eigenvalue weighted by Crippen LogP contribution is -1.83. The van der Waals surface area contributed by atoms with Gasteiger partial charge in [0.05, 0.1) is 0 Å². The maximum Gasteiger partial charge on any atom is -0.0288 e. The maximum absolute atomic E-state index is 2.45. The summed E-state index contributed by atoms with van der Waals surface area (Å²) in [6, 6.07) is 0. The Kier molecular flexibility index (Phi) is 20.3. The molecule has 0 bridgehead atoms. The lowest BCUT2D eigenvalue weighted by Gasteiger charge is -2.03. The summed E-state index contributed by atoms with van der Waals surface area (Å²) in [5.74, 6) is 0. The summed E-state index contributed by atoms with van der Waals surface area (Å²) in [5.41, 5.74) is 10.5. The average molecular weight is 479 g/mol. The molecule has 35 heavy (non-hydrogen) atoms. The van der Waals surface area contributed by atoms with E-state index < -0.39 is 0 Å². The summed E-state index contributed by atoms with van der Waals surface area (Å²) >= 11 is 0. The zero-order valence-electron chi connectivity index (χ0n) is 25.0. The van der Waals surface area contributed by atoms with Crippen LogP contribution in [0.15, 0.2) is 81.5 Å². The molecule has 0 heteroatoms. The van der Waals surface area contributed by atoms with Gasteiger partial charge in [-0.05, 0) is 139 Å². The molecule has 0 N–H and O–H groups in total. The van der Waals surface area contributed by atoms with E-state index in [0.717, 1.165) is 0 Å². The van der Waals surface area contributed by atoms with Crippen LogP contribution >= 0.6 is 0 Å². The Balaban J connectivity index is 4.11. The Hall–Kier alpha value is -1.82. The molecular formula is C35H58. The molecule has 0 aliphatic rings. The van der Waals surface area contributed by atoms with Crippen LogP contribution in [0.3, 0.4) is 0 Å². The van der Waals surface area contributed by atoms with Crippen LogP contribution in [0.2, 0.25) is 0 Å². The van der Waals surface area contributed by atoms with Gasteiger partial charge >= 0.3 is 0 Å². The van der Waals surface area contributed by atoms with Gasteiger partial charge in [-0.15, -0.1) is 0 Å². The van der Waals surface area contributed by atoms with Gasteiger partial charge in [0.15, 0.2) is 0 Å². The molecule has 0 aromatic carbocycles. The molecule has 0 amide bonds. The van der Waals surface area contributed by atoms with E-state index in [0.29, 0.717) is 0 Å². The maximum atomic E-state index is 2.45. The van der Waals surface area contributed by atoms with E-state index in [1.165, 1.54) is 116 Å². The fourth-order valence-corrected chi connectivity index (χ4v) is 3.99. The monoisotopic (exact) mass is 478 g/mol. The number of hydrogen-bond acceptors (Lipinski definition) is 0. The number of hydrogen-bond donors (Lipinski definition) is 0. The molecular weight excluding hydrogens is 420 g/mol. The molecule has 0 heterocycles. The van der Waals surface area contributed by atoms with Crippen molar-refractivity contribution in [3.05, 3.63) is 81.5 Å². The molecule has 0 aromatic heterocycles. The van der Waals surface area contributed by atoms with Crippen LogP contribution < -0.4 is 0 Å². The van der Waals surface area contributed by atoms with Crippen molar-refractivity contribution in [3.63, 3.8) is 0 Å². The number of rotatable bonds is 18. The van der Waals surface area contributed by atoms with E-state index in [2.05, 4.69) is 105 Å². The van der Waals surface area contributed by atoms with Crippen molar-refractivity contribution in [1.29, 1.82) is 0 Å². The SMILES string of the molecule is CC(C)=CCC/C(C)=C\CC/C(C)=C/CC/C(C)=C/CC/C=C(\C)CC/C=C(\C)CCC=C(C)C. The van der Waals surface area contributed by atoms with Gasteiger partial charge in [0.25, 0.3) is 0 Å². The minimum Gasteiger partial charge on any atom is -0.0856 e. The summed E-state index contributed by atoms with van der Waals surface area (Å²) in [7, 11) is 0. The van der Waals surface area contributed by atoms with Gasteiger partial charge in [-0.25, -0.2) is 0 Å². The third-order valence-corrected chi connectivity index (χ3v) is 6.43.